The van der Waals surface area contributed by atoms with Gasteiger partial charge in [0.1, 0.15) is 11.9 Å². The minimum Gasteiger partial charge on any atom is -0.388 e. The molecule has 5 aliphatic rings. The van der Waals surface area contributed by atoms with E-state index in [1.54, 1.807) is 6.20 Å². The van der Waals surface area contributed by atoms with Crippen molar-refractivity contribution >= 4 is 22.2 Å². The molecule has 7 rings (SSSR count). The van der Waals surface area contributed by atoms with E-state index in [4.69, 9.17) is 10.5 Å². The number of pyridine rings is 1. The largest absolute Gasteiger partial charge is 0.388 e. The maximum atomic E-state index is 11.3. The Balaban J connectivity index is 1.36. The molecule has 2 fully saturated rings. The molecule has 1 saturated heterocycles. The van der Waals surface area contributed by atoms with Crippen LogP contribution in [0.3, 0.4) is 0 Å². The second kappa shape index (κ2) is 7.57. The lowest BCUT2D eigenvalue weighted by Crippen LogP contribution is -2.63. The number of aliphatic hydroxyl groups is 2. The highest BCUT2D eigenvalue weighted by molar-refractivity contribution is 5.94. The van der Waals surface area contributed by atoms with E-state index in [0.717, 1.165) is 35.6 Å². The Morgan fingerprint density at radius 3 is 2.66 bits per heavy atom. The monoisotopic (exact) mass is 513 g/mol. The lowest BCUT2D eigenvalue weighted by Gasteiger charge is -2.60. The molecule has 3 heterocycles. The number of hydrogen-bond donors (Lipinski definition) is 3. The van der Waals surface area contributed by atoms with Crippen molar-refractivity contribution in [2.24, 2.45) is 16.7 Å². The zero-order chi connectivity index (χ0) is 26.8. The van der Waals surface area contributed by atoms with Gasteiger partial charge < -0.3 is 25.6 Å². The van der Waals surface area contributed by atoms with Gasteiger partial charge in [-0.25, -0.2) is 4.98 Å². The first kappa shape index (κ1) is 24.5. The molecule has 2 spiro atoms. The third-order valence-corrected chi connectivity index (χ3v) is 11.2. The van der Waals surface area contributed by atoms with Crippen LogP contribution in [0.1, 0.15) is 52.0 Å². The Kier molecular flexibility index (Phi) is 4.88. The van der Waals surface area contributed by atoms with E-state index in [-0.39, 0.29) is 22.8 Å². The van der Waals surface area contributed by atoms with Crippen LogP contribution in [0.25, 0.3) is 16.3 Å². The van der Waals surface area contributed by atoms with Gasteiger partial charge in [-0.2, -0.15) is 0 Å². The third-order valence-electron chi connectivity index (χ3n) is 11.2. The van der Waals surface area contributed by atoms with Crippen LogP contribution in [0.15, 0.2) is 59.8 Å². The molecular weight excluding hydrogens is 474 g/mol. The van der Waals surface area contributed by atoms with Crippen molar-refractivity contribution in [3.63, 3.8) is 0 Å². The Labute approximate surface area is 224 Å². The number of fused-ring (bicyclic) bond motifs is 2. The molecular formula is C32H39N3O3. The molecule has 3 aliphatic carbocycles. The van der Waals surface area contributed by atoms with Crippen LogP contribution in [-0.4, -0.2) is 63.6 Å². The summed E-state index contributed by atoms with van der Waals surface area (Å²) in [5.41, 5.74) is 9.64. The first-order valence-electron chi connectivity index (χ1n) is 14.0. The van der Waals surface area contributed by atoms with Crippen LogP contribution in [0, 0.1) is 16.7 Å². The number of benzene rings is 1. The van der Waals surface area contributed by atoms with Crippen molar-refractivity contribution in [3.05, 3.63) is 65.4 Å². The normalized spacial score (nSPS) is 40.8. The molecule has 38 heavy (non-hydrogen) atoms. The molecule has 2 aromatic rings. The number of hydrogen-bond acceptors (Lipinski definition) is 6. The molecule has 200 valence electrons. The molecule has 4 N–H and O–H groups in total. The van der Waals surface area contributed by atoms with Crippen molar-refractivity contribution < 1.29 is 14.9 Å². The molecule has 2 bridgehead atoms. The highest BCUT2D eigenvalue weighted by atomic mass is 16.5. The van der Waals surface area contributed by atoms with Gasteiger partial charge in [0.15, 0.2) is 0 Å². The summed E-state index contributed by atoms with van der Waals surface area (Å²) < 4.78 is 7.33. The first-order valence-corrected chi connectivity index (χ1v) is 14.0. The van der Waals surface area contributed by atoms with E-state index in [1.165, 1.54) is 16.7 Å². The quantitative estimate of drug-likeness (QED) is 0.549. The Bertz CT molecular complexity index is 1460. The SMILES string of the molecule is CN(C)[C@H]1C[C@@]23CC[C@@]4(O2)C(=CC(C)(C)[C@]2(C)C(c5ccc6ccnc(N)c6c5)=CCC42)C=C3[C@@H](O)[C@@H]1O. The second-order valence-electron chi connectivity index (χ2n) is 13.3. The molecule has 6 heteroatoms. The van der Waals surface area contributed by atoms with Gasteiger partial charge in [-0.15, -0.1) is 0 Å². The summed E-state index contributed by atoms with van der Waals surface area (Å²) in [5.74, 6) is 0.828. The maximum Gasteiger partial charge on any atom is 0.131 e. The van der Waals surface area contributed by atoms with Gasteiger partial charge in [0, 0.05) is 29.0 Å². The third kappa shape index (κ3) is 2.84. The number of rotatable bonds is 2. The minimum atomic E-state index is -0.918. The predicted octanol–water partition coefficient (Wildman–Crippen LogP) is 4.48. The Morgan fingerprint density at radius 2 is 1.89 bits per heavy atom. The average molecular weight is 514 g/mol. The fraction of sp³-hybridized carbons (Fsp3) is 0.531. The number of nitrogens with two attached hydrogens (primary N) is 1. The summed E-state index contributed by atoms with van der Waals surface area (Å²) in [4.78, 5) is 6.36. The molecule has 0 radical (unpaired) electrons. The van der Waals surface area contributed by atoms with E-state index in [9.17, 15) is 10.2 Å². The lowest BCUT2D eigenvalue weighted by molar-refractivity contribution is -0.170. The summed E-state index contributed by atoms with van der Waals surface area (Å²) in [7, 11) is 3.95. The van der Waals surface area contributed by atoms with E-state index in [0.29, 0.717) is 12.2 Å². The Morgan fingerprint density at radius 1 is 1.11 bits per heavy atom. The van der Waals surface area contributed by atoms with Gasteiger partial charge in [0.2, 0.25) is 0 Å². The number of nitrogens with zero attached hydrogens (tertiary/aromatic N) is 2. The van der Waals surface area contributed by atoms with Gasteiger partial charge in [-0.05, 0) is 85.0 Å². The topological polar surface area (TPSA) is 91.8 Å². The van der Waals surface area contributed by atoms with Crippen LogP contribution in [-0.2, 0) is 4.74 Å². The number of likely N-dealkylation sites (N-methyl/N-ethyl adjacent to an activating group) is 1. The van der Waals surface area contributed by atoms with Crippen LogP contribution in [0.5, 0.6) is 0 Å². The van der Waals surface area contributed by atoms with E-state index in [1.807, 2.05) is 25.1 Å². The zero-order valence-corrected chi connectivity index (χ0v) is 23.0. The molecule has 0 amide bonds. The minimum absolute atomic E-state index is 0.150. The molecule has 6 nitrogen and oxygen atoms in total. The number of ether oxygens (including phenoxy) is 1. The van der Waals surface area contributed by atoms with Crippen molar-refractivity contribution in [3.8, 4) is 0 Å². The summed E-state index contributed by atoms with van der Waals surface area (Å²) in [5, 5.41) is 24.4. The van der Waals surface area contributed by atoms with Gasteiger partial charge in [-0.3, -0.25) is 0 Å². The summed E-state index contributed by atoms with van der Waals surface area (Å²) >= 11 is 0. The van der Waals surface area contributed by atoms with E-state index < -0.39 is 23.4 Å². The van der Waals surface area contributed by atoms with Gasteiger partial charge in [0.05, 0.1) is 17.3 Å². The molecule has 1 unspecified atom stereocenters. The number of anilines is 1. The van der Waals surface area contributed by atoms with Crippen molar-refractivity contribution in [2.75, 3.05) is 19.8 Å². The molecule has 7 atom stereocenters. The fourth-order valence-corrected chi connectivity index (χ4v) is 8.87. The number of aromatic nitrogens is 1. The summed E-state index contributed by atoms with van der Waals surface area (Å²) in [6.45, 7) is 7.09. The van der Waals surface area contributed by atoms with Crippen molar-refractivity contribution in [1.29, 1.82) is 0 Å². The van der Waals surface area contributed by atoms with E-state index in [2.05, 4.69) is 62.2 Å². The van der Waals surface area contributed by atoms with Crippen LogP contribution < -0.4 is 5.73 Å². The van der Waals surface area contributed by atoms with Crippen molar-refractivity contribution in [1.82, 2.24) is 9.88 Å². The first-order chi connectivity index (χ1) is 17.9. The number of allylic oxidation sites excluding steroid dienone is 3. The Hall–Kier alpha value is -2.51. The number of nitrogen functional groups attached to an aromatic ring is 1. The fourth-order valence-electron chi connectivity index (χ4n) is 8.87. The van der Waals surface area contributed by atoms with Crippen LogP contribution >= 0.6 is 0 Å². The van der Waals surface area contributed by atoms with Gasteiger partial charge >= 0.3 is 0 Å². The average Bonchev–Trinajstić information content (AvgIpc) is 3.40. The molecule has 1 saturated carbocycles. The highest BCUT2D eigenvalue weighted by Gasteiger charge is 2.70. The molecule has 1 aromatic heterocycles. The van der Waals surface area contributed by atoms with Crippen LogP contribution in [0.2, 0.25) is 0 Å². The summed E-state index contributed by atoms with van der Waals surface area (Å²) in [6, 6.07) is 8.45. The lowest BCUT2D eigenvalue weighted by atomic mass is 9.49. The molecule has 2 aliphatic heterocycles. The summed E-state index contributed by atoms with van der Waals surface area (Å²) in [6.07, 6.45) is 10.5. The van der Waals surface area contributed by atoms with E-state index >= 15 is 0 Å². The smallest absolute Gasteiger partial charge is 0.131 e. The predicted molar refractivity (Wildman–Crippen MR) is 150 cm³/mol. The zero-order valence-electron chi connectivity index (χ0n) is 23.0. The van der Waals surface area contributed by atoms with Gasteiger partial charge in [-0.1, -0.05) is 51.1 Å². The highest BCUT2D eigenvalue weighted by Crippen LogP contribution is 2.71. The van der Waals surface area contributed by atoms with Crippen molar-refractivity contribution in [2.45, 2.75) is 75.9 Å². The molecule has 1 aromatic carbocycles. The maximum absolute atomic E-state index is 11.3. The van der Waals surface area contributed by atoms with Gasteiger partial charge in [0.25, 0.3) is 0 Å². The number of aliphatic hydroxyl groups excluding tert-OH is 2. The second-order valence-corrected chi connectivity index (χ2v) is 13.3. The van der Waals surface area contributed by atoms with Crippen LogP contribution in [0.4, 0.5) is 5.82 Å². The standard InChI is InChI=1S/C32H39N3O3/c1-29(2)16-20-15-23-26(36)27(37)24(35(4)5)17-31(23)11-12-32(20,38-31)25-9-8-22(30(25,29)3)19-7-6-18-10-13-34-28(33)21(18)14-19/h6-8,10,13-16,24-27,36-37H,9,11-12,17H2,1-5H3,(H2,33,34)/t24-,25?,26+,27+,30+,31+,32+/m0/s1.